The van der Waals surface area contributed by atoms with E-state index in [0.717, 1.165) is 6.07 Å². The van der Waals surface area contributed by atoms with E-state index in [1.54, 1.807) is 6.92 Å². The topological polar surface area (TPSA) is 63.0 Å². The number of aryl methyl sites for hydroxylation is 1. The average Bonchev–Trinajstić information content (AvgIpc) is 1.94. The van der Waals surface area contributed by atoms with Crippen molar-refractivity contribution in [3.05, 3.63) is 33.9 Å². The van der Waals surface area contributed by atoms with Crippen molar-refractivity contribution in [2.75, 3.05) is 0 Å². The lowest BCUT2D eigenvalue weighted by Crippen LogP contribution is -1.86. The van der Waals surface area contributed by atoms with Crippen LogP contribution in [0.3, 0.4) is 0 Å². The fraction of sp³-hybridized carbons (Fsp3) is 0.143. The van der Waals surface area contributed by atoms with Crippen LogP contribution in [0.1, 0.15) is 5.56 Å². The fourth-order valence-corrected chi connectivity index (χ4v) is 0.702. The molecule has 0 saturated heterocycles. The SMILES string of the molecule is Cc1ccc([N+](=O)[O-])cc1[O]. The molecule has 0 heterocycles. The zero-order valence-corrected chi connectivity index (χ0v) is 5.90. The standard InChI is InChI=1S/C7H6NO3/c1-5-2-3-6(8(10)11)4-7(5)9/h2-4H,1H3. The van der Waals surface area contributed by atoms with Crippen LogP contribution in [0.15, 0.2) is 18.2 Å². The van der Waals surface area contributed by atoms with Crippen LogP contribution in [0.2, 0.25) is 0 Å². The molecule has 0 amide bonds. The molecule has 0 spiro atoms. The zero-order valence-electron chi connectivity index (χ0n) is 5.90. The Morgan fingerprint density at radius 2 is 2.09 bits per heavy atom. The lowest BCUT2D eigenvalue weighted by Gasteiger charge is -1.93. The molecule has 0 aromatic heterocycles. The second-order valence-electron chi connectivity index (χ2n) is 2.21. The Hall–Kier alpha value is -1.58. The summed E-state index contributed by atoms with van der Waals surface area (Å²) in [5.74, 6) is -0.292. The van der Waals surface area contributed by atoms with Gasteiger partial charge in [-0.15, -0.1) is 0 Å². The molecule has 1 rings (SSSR count). The number of hydrogen-bond donors (Lipinski definition) is 0. The van der Waals surface area contributed by atoms with Gasteiger partial charge in [0.1, 0.15) is 0 Å². The summed E-state index contributed by atoms with van der Waals surface area (Å²) in [5.41, 5.74) is 0.371. The van der Waals surface area contributed by atoms with Gasteiger partial charge in [-0.1, -0.05) is 0 Å². The van der Waals surface area contributed by atoms with E-state index in [1.807, 2.05) is 0 Å². The predicted molar refractivity (Wildman–Crippen MR) is 38.0 cm³/mol. The number of benzene rings is 1. The summed E-state index contributed by atoms with van der Waals surface area (Å²) in [7, 11) is 0. The van der Waals surface area contributed by atoms with E-state index in [-0.39, 0.29) is 11.4 Å². The average molecular weight is 152 g/mol. The highest BCUT2D eigenvalue weighted by atomic mass is 16.6. The van der Waals surface area contributed by atoms with Gasteiger partial charge in [0.2, 0.25) is 0 Å². The highest BCUT2D eigenvalue weighted by molar-refractivity contribution is 5.42. The maximum atomic E-state index is 10.8. The molecule has 57 valence electrons. The third-order valence-electron chi connectivity index (χ3n) is 1.38. The van der Waals surface area contributed by atoms with E-state index in [9.17, 15) is 15.2 Å². The first kappa shape index (κ1) is 7.53. The molecule has 0 bridgehead atoms. The maximum Gasteiger partial charge on any atom is 0.273 e. The van der Waals surface area contributed by atoms with Crippen molar-refractivity contribution in [3.8, 4) is 5.75 Å². The van der Waals surface area contributed by atoms with Crippen molar-refractivity contribution >= 4 is 5.69 Å². The quantitative estimate of drug-likeness (QED) is 0.456. The molecule has 0 aliphatic heterocycles. The van der Waals surface area contributed by atoms with Gasteiger partial charge in [0.05, 0.1) is 11.0 Å². The molecule has 0 unspecified atom stereocenters. The summed E-state index contributed by atoms with van der Waals surface area (Å²) in [4.78, 5) is 9.55. The summed E-state index contributed by atoms with van der Waals surface area (Å²) in [6.45, 7) is 1.62. The predicted octanol–water partition coefficient (Wildman–Crippen LogP) is 2.05. The van der Waals surface area contributed by atoms with Crippen LogP contribution in [0.4, 0.5) is 5.69 Å². The van der Waals surface area contributed by atoms with E-state index in [0.29, 0.717) is 5.56 Å². The Morgan fingerprint density at radius 3 is 2.55 bits per heavy atom. The van der Waals surface area contributed by atoms with E-state index >= 15 is 0 Å². The summed E-state index contributed by atoms with van der Waals surface area (Å²) in [6.07, 6.45) is 0. The van der Waals surface area contributed by atoms with Crippen molar-refractivity contribution in [3.63, 3.8) is 0 Å². The minimum Gasteiger partial charge on any atom is -0.289 e. The summed E-state index contributed by atoms with van der Waals surface area (Å²) in [5, 5.41) is 21.0. The molecule has 1 aromatic carbocycles. The van der Waals surface area contributed by atoms with Crippen molar-refractivity contribution in [1.82, 2.24) is 0 Å². The fourth-order valence-electron chi connectivity index (χ4n) is 0.702. The molecule has 1 aromatic rings. The van der Waals surface area contributed by atoms with Gasteiger partial charge in [-0.2, -0.15) is 0 Å². The molecule has 0 fully saturated rings. The van der Waals surface area contributed by atoms with E-state index in [4.69, 9.17) is 0 Å². The third kappa shape index (κ3) is 1.46. The molecular weight excluding hydrogens is 146 g/mol. The molecule has 4 heteroatoms. The second kappa shape index (κ2) is 2.57. The number of non-ortho nitro benzene ring substituents is 1. The van der Waals surface area contributed by atoms with Crippen LogP contribution in [-0.4, -0.2) is 4.92 Å². The highest BCUT2D eigenvalue weighted by Gasteiger charge is 2.07. The van der Waals surface area contributed by atoms with Crippen molar-refractivity contribution in [1.29, 1.82) is 0 Å². The monoisotopic (exact) mass is 152 g/mol. The van der Waals surface area contributed by atoms with Crippen LogP contribution in [0.25, 0.3) is 0 Å². The number of hydrogen-bond acceptors (Lipinski definition) is 2. The summed E-state index contributed by atoms with van der Waals surface area (Å²) >= 11 is 0. The summed E-state index contributed by atoms with van der Waals surface area (Å²) in [6, 6.07) is 3.78. The first-order chi connectivity index (χ1) is 5.11. The van der Waals surface area contributed by atoms with Crippen LogP contribution in [0.5, 0.6) is 5.75 Å². The van der Waals surface area contributed by atoms with Gasteiger partial charge < -0.3 is 0 Å². The van der Waals surface area contributed by atoms with Crippen LogP contribution < -0.4 is 0 Å². The highest BCUT2D eigenvalue weighted by Crippen LogP contribution is 2.22. The minimum absolute atomic E-state index is 0.152. The Kier molecular flexibility index (Phi) is 1.76. The Balaban J connectivity index is 3.15. The van der Waals surface area contributed by atoms with Crippen molar-refractivity contribution < 1.29 is 10.0 Å². The van der Waals surface area contributed by atoms with Crippen molar-refractivity contribution in [2.24, 2.45) is 0 Å². The molecule has 1 radical (unpaired) electrons. The van der Waals surface area contributed by atoms with E-state index in [2.05, 4.69) is 0 Å². The van der Waals surface area contributed by atoms with Gasteiger partial charge >= 0.3 is 0 Å². The molecular formula is C7H6NO3. The van der Waals surface area contributed by atoms with Gasteiger partial charge in [-0.3, -0.25) is 15.2 Å². The maximum absolute atomic E-state index is 10.8. The van der Waals surface area contributed by atoms with Gasteiger partial charge in [0, 0.05) is 6.07 Å². The first-order valence-corrected chi connectivity index (χ1v) is 3.03. The van der Waals surface area contributed by atoms with E-state index in [1.165, 1.54) is 12.1 Å². The number of nitrogens with zero attached hydrogens (tertiary/aromatic N) is 1. The minimum atomic E-state index is -0.582. The number of nitro benzene ring substituents is 1. The lowest BCUT2D eigenvalue weighted by atomic mass is 10.2. The van der Waals surface area contributed by atoms with Gasteiger partial charge in [0.25, 0.3) is 5.69 Å². The van der Waals surface area contributed by atoms with Crippen molar-refractivity contribution in [2.45, 2.75) is 6.92 Å². The molecule has 0 aliphatic carbocycles. The normalized spacial score (nSPS) is 9.55. The summed E-state index contributed by atoms with van der Waals surface area (Å²) < 4.78 is 0. The van der Waals surface area contributed by atoms with E-state index < -0.39 is 4.92 Å². The Labute approximate surface area is 63.2 Å². The molecule has 11 heavy (non-hydrogen) atoms. The van der Waals surface area contributed by atoms with Crippen LogP contribution in [-0.2, 0) is 5.11 Å². The number of rotatable bonds is 1. The third-order valence-corrected chi connectivity index (χ3v) is 1.38. The van der Waals surface area contributed by atoms with Gasteiger partial charge in [0.15, 0.2) is 5.75 Å². The zero-order chi connectivity index (χ0) is 8.43. The molecule has 0 atom stereocenters. The van der Waals surface area contributed by atoms with Crippen LogP contribution in [0, 0.1) is 17.0 Å². The van der Waals surface area contributed by atoms with Gasteiger partial charge in [-0.05, 0) is 18.6 Å². The molecule has 0 saturated carbocycles. The van der Waals surface area contributed by atoms with Crippen LogP contribution >= 0.6 is 0 Å². The smallest absolute Gasteiger partial charge is 0.273 e. The second-order valence-corrected chi connectivity index (χ2v) is 2.21. The van der Waals surface area contributed by atoms with Gasteiger partial charge in [-0.25, -0.2) is 0 Å². The molecule has 0 N–H and O–H groups in total. The Bertz CT molecular complexity index is 296. The number of nitro groups is 1. The molecule has 4 nitrogen and oxygen atoms in total. The largest absolute Gasteiger partial charge is 0.289 e. The first-order valence-electron chi connectivity index (χ1n) is 3.03. The lowest BCUT2D eigenvalue weighted by molar-refractivity contribution is -0.385. The molecule has 0 aliphatic rings. The Morgan fingerprint density at radius 1 is 1.45 bits per heavy atom.